The minimum Gasteiger partial charge on any atom is -0.312 e. The Kier molecular flexibility index (Phi) is 4.47. The van der Waals surface area contributed by atoms with Gasteiger partial charge in [0, 0.05) is 32.2 Å². The number of rotatable bonds is 2. The lowest BCUT2D eigenvalue weighted by molar-refractivity contribution is -0.116. The molecule has 5 nitrogen and oxygen atoms in total. The maximum Gasteiger partial charge on any atom is 0.243 e. The minimum atomic E-state index is -3.48. The van der Waals surface area contributed by atoms with Crippen molar-refractivity contribution in [2.75, 3.05) is 24.5 Å². The van der Waals surface area contributed by atoms with Crippen LogP contribution in [0.25, 0.3) is 0 Å². The summed E-state index contributed by atoms with van der Waals surface area (Å²) in [5.41, 5.74) is 1.81. The number of carbonyl (C=O) groups is 1. The molecular formula is C17H24N2O3S. The van der Waals surface area contributed by atoms with Gasteiger partial charge in [-0.3, -0.25) is 4.79 Å². The van der Waals surface area contributed by atoms with Crippen LogP contribution in [0.15, 0.2) is 23.1 Å². The Balaban J connectivity index is 1.97. The highest BCUT2D eigenvalue weighted by atomic mass is 32.2. The van der Waals surface area contributed by atoms with Gasteiger partial charge in [0.2, 0.25) is 15.9 Å². The van der Waals surface area contributed by atoms with Crippen LogP contribution in [0.4, 0.5) is 5.69 Å². The van der Waals surface area contributed by atoms with Gasteiger partial charge in [-0.15, -0.1) is 0 Å². The third-order valence-electron chi connectivity index (χ3n) is 4.81. The smallest absolute Gasteiger partial charge is 0.243 e. The third kappa shape index (κ3) is 3.15. The molecule has 23 heavy (non-hydrogen) atoms. The van der Waals surface area contributed by atoms with Crippen LogP contribution in [0.1, 0.15) is 38.7 Å². The SMILES string of the molecule is CC(=O)N1CCCc2ccc(S(=O)(=O)N3CCCC(C)C3)cc21. The first kappa shape index (κ1) is 16.5. The quantitative estimate of drug-likeness (QED) is 0.833. The van der Waals surface area contributed by atoms with Gasteiger partial charge in [0.1, 0.15) is 0 Å². The summed E-state index contributed by atoms with van der Waals surface area (Å²) in [6.07, 6.45) is 3.79. The minimum absolute atomic E-state index is 0.0351. The summed E-state index contributed by atoms with van der Waals surface area (Å²) >= 11 is 0. The van der Waals surface area contributed by atoms with E-state index in [9.17, 15) is 13.2 Å². The first-order valence-corrected chi connectivity index (χ1v) is 9.75. The summed E-state index contributed by atoms with van der Waals surface area (Å²) in [7, 11) is -3.48. The molecule has 0 aromatic heterocycles. The van der Waals surface area contributed by atoms with E-state index in [-0.39, 0.29) is 5.91 Å². The van der Waals surface area contributed by atoms with Crippen molar-refractivity contribution in [1.82, 2.24) is 4.31 Å². The van der Waals surface area contributed by atoms with Crippen molar-refractivity contribution < 1.29 is 13.2 Å². The predicted octanol–water partition coefficient (Wildman–Crippen LogP) is 2.41. The molecule has 0 bridgehead atoms. The normalized spacial score (nSPS) is 22.7. The number of sulfonamides is 1. The van der Waals surface area contributed by atoms with Crippen LogP contribution in [0.5, 0.6) is 0 Å². The fourth-order valence-corrected chi connectivity index (χ4v) is 5.17. The van der Waals surface area contributed by atoms with Gasteiger partial charge in [0.05, 0.1) is 4.90 Å². The summed E-state index contributed by atoms with van der Waals surface area (Å²) in [5.74, 6) is 0.358. The van der Waals surface area contributed by atoms with E-state index >= 15 is 0 Å². The monoisotopic (exact) mass is 336 g/mol. The molecule has 1 fully saturated rings. The molecular weight excluding hydrogens is 312 g/mol. The molecule has 3 rings (SSSR count). The van der Waals surface area contributed by atoms with Crippen LogP contribution in [0.2, 0.25) is 0 Å². The molecule has 1 aromatic carbocycles. The van der Waals surface area contributed by atoms with Gasteiger partial charge >= 0.3 is 0 Å². The van der Waals surface area contributed by atoms with E-state index < -0.39 is 10.0 Å². The summed E-state index contributed by atoms with van der Waals surface area (Å²) < 4.78 is 27.4. The van der Waals surface area contributed by atoms with Gasteiger partial charge in [-0.05, 0) is 49.3 Å². The zero-order chi connectivity index (χ0) is 16.6. The fraction of sp³-hybridized carbons (Fsp3) is 0.588. The molecule has 2 heterocycles. The second-order valence-corrected chi connectivity index (χ2v) is 8.61. The van der Waals surface area contributed by atoms with Gasteiger partial charge < -0.3 is 4.90 Å². The fourth-order valence-electron chi connectivity index (χ4n) is 3.56. The largest absolute Gasteiger partial charge is 0.312 e. The van der Waals surface area contributed by atoms with E-state index in [1.54, 1.807) is 21.3 Å². The molecule has 0 saturated carbocycles. The van der Waals surface area contributed by atoms with Crippen LogP contribution in [0, 0.1) is 5.92 Å². The van der Waals surface area contributed by atoms with Crippen LogP contribution in [-0.4, -0.2) is 38.3 Å². The molecule has 2 aliphatic heterocycles. The molecule has 0 aliphatic carbocycles. The molecule has 6 heteroatoms. The van der Waals surface area contributed by atoms with Crippen molar-refractivity contribution in [3.8, 4) is 0 Å². The number of anilines is 1. The van der Waals surface area contributed by atoms with E-state index in [4.69, 9.17) is 0 Å². The maximum atomic E-state index is 12.9. The number of fused-ring (bicyclic) bond motifs is 1. The van der Waals surface area contributed by atoms with Crippen molar-refractivity contribution in [3.05, 3.63) is 23.8 Å². The standard InChI is InChI=1S/C17H24N2O3S/c1-13-5-3-9-18(12-13)23(21,22)16-8-7-15-6-4-10-19(14(2)20)17(15)11-16/h7-8,11,13H,3-6,9-10,12H2,1-2H3. The van der Waals surface area contributed by atoms with Gasteiger partial charge in [-0.2, -0.15) is 4.31 Å². The first-order valence-electron chi connectivity index (χ1n) is 8.31. The molecule has 126 valence electrons. The molecule has 1 unspecified atom stereocenters. The zero-order valence-electron chi connectivity index (χ0n) is 13.8. The van der Waals surface area contributed by atoms with Gasteiger partial charge in [0.25, 0.3) is 0 Å². The predicted molar refractivity (Wildman–Crippen MR) is 89.9 cm³/mol. The van der Waals surface area contributed by atoms with E-state index in [2.05, 4.69) is 6.92 Å². The van der Waals surface area contributed by atoms with Gasteiger partial charge in [-0.25, -0.2) is 8.42 Å². The maximum absolute atomic E-state index is 12.9. The highest BCUT2D eigenvalue weighted by molar-refractivity contribution is 7.89. The van der Waals surface area contributed by atoms with Crippen molar-refractivity contribution >= 4 is 21.6 Å². The number of carbonyl (C=O) groups excluding carboxylic acids is 1. The Hall–Kier alpha value is -1.40. The number of piperidine rings is 1. The van der Waals surface area contributed by atoms with E-state index in [0.717, 1.165) is 36.9 Å². The Morgan fingerprint density at radius 3 is 2.70 bits per heavy atom. The average molecular weight is 336 g/mol. The van der Waals surface area contributed by atoms with Crippen LogP contribution in [-0.2, 0) is 21.2 Å². The van der Waals surface area contributed by atoms with Gasteiger partial charge in [0.15, 0.2) is 0 Å². The molecule has 1 atom stereocenters. The summed E-state index contributed by atoms with van der Waals surface area (Å²) in [6.45, 7) is 5.44. The molecule has 0 spiro atoms. The summed E-state index contributed by atoms with van der Waals surface area (Å²) in [5, 5.41) is 0. The van der Waals surface area contributed by atoms with Crippen molar-refractivity contribution in [3.63, 3.8) is 0 Å². The van der Waals surface area contributed by atoms with E-state index in [1.165, 1.54) is 6.92 Å². The number of benzene rings is 1. The molecule has 0 N–H and O–H groups in total. The van der Waals surface area contributed by atoms with Gasteiger partial charge in [-0.1, -0.05) is 13.0 Å². The highest BCUT2D eigenvalue weighted by Crippen LogP contribution is 2.32. The lowest BCUT2D eigenvalue weighted by Crippen LogP contribution is -2.39. The number of nitrogens with zero attached hydrogens (tertiary/aromatic N) is 2. The number of hydrogen-bond acceptors (Lipinski definition) is 3. The molecule has 0 radical (unpaired) electrons. The number of amides is 1. The number of aryl methyl sites for hydroxylation is 1. The third-order valence-corrected chi connectivity index (χ3v) is 6.67. The average Bonchev–Trinajstić information content (AvgIpc) is 2.53. The van der Waals surface area contributed by atoms with Crippen LogP contribution in [0.3, 0.4) is 0 Å². The molecule has 1 amide bonds. The lowest BCUT2D eigenvalue weighted by Gasteiger charge is -2.32. The first-order chi connectivity index (χ1) is 10.9. The van der Waals surface area contributed by atoms with Crippen molar-refractivity contribution in [2.24, 2.45) is 5.92 Å². The Morgan fingerprint density at radius 2 is 2.00 bits per heavy atom. The van der Waals surface area contributed by atoms with E-state index in [1.807, 2.05) is 6.07 Å². The van der Waals surface area contributed by atoms with E-state index in [0.29, 0.717) is 30.4 Å². The second-order valence-electron chi connectivity index (χ2n) is 6.68. The Morgan fingerprint density at radius 1 is 1.22 bits per heavy atom. The summed E-state index contributed by atoms with van der Waals surface area (Å²) in [6, 6.07) is 5.24. The van der Waals surface area contributed by atoms with Crippen molar-refractivity contribution in [1.29, 1.82) is 0 Å². The topological polar surface area (TPSA) is 57.7 Å². The molecule has 1 saturated heterocycles. The lowest BCUT2D eigenvalue weighted by atomic mass is 10.0. The van der Waals surface area contributed by atoms with Crippen LogP contribution >= 0.6 is 0 Å². The Labute approximate surface area is 138 Å². The highest BCUT2D eigenvalue weighted by Gasteiger charge is 2.30. The summed E-state index contributed by atoms with van der Waals surface area (Å²) in [4.78, 5) is 13.8. The molecule has 1 aromatic rings. The zero-order valence-corrected chi connectivity index (χ0v) is 14.6. The number of hydrogen-bond donors (Lipinski definition) is 0. The second kappa shape index (κ2) is 6.24. The Bertz CT molecular complexity index is 715. The van der Waals surface area contributed by atoms with Crippen LogP contribution < -0.4 is 4.90 Å². The van der Waals surface area contributed by atoms with Crippen molar-refractivity contribution in [2.45, 2.75) is 44.4 Å². The molecule has 2 aliphatic rings.